The van der Waals surface area contributed by atoms with Gasteiger partial charge in [0.2, 0.25) is 0 Å². The summed E-state index contributed by atoms with van der Waals surface area (Å²) in [4.78, 5) is 29.3. The van der Waals surface area contributed by atoms with Gasteiger partial charge in [0.25, 0.3) is 0 Å². The number of nitrogens with zero attached hydrogens (tertiary/aromatic N) is 2. The minimum Gasteiger partial charge on any atom is -0.464 e. The molecule has 38 heavy (non-hydrogen) atoms. The van der Waals surface area contributed by atoms with E-state index >= 15 is 0 Å². The van der Waals surface area contributed by atoms with E-state index < -0.39 is 4.46 Å². The monoisotopic (exact) mass is 564 g/mol. The number of carbonyl (C=O) groups is 2. The maximum atomic E-state index is 12.7. The molecule has 0 bridgehead atoms. The fraction of sp³-hybridized carbons (Fsp3) is 0.533. The number of benzene rings is 2. The lowest BCUT2D eigenvalue weighted by atomic mass is 9.97. The number of esters is 2. The van der Waals surface area contributed by atoms with Gasteiger partial charge in [0.1, 0.15) is 13.2 Å². The van der Waals surface area contributed by atoms with Crippen molar-refractivity contribution in [3.05, 3.63) is 71.8 Å². The molecule has 2 aromatic rings. The standard InChI is InChI=1S/C30H42Cl2N2O4/c1-5-26(24-15-11-9-12-16-24)28(35)37-21-19-33(7-3)23-30(31,32)34(8-4)20-22-38-29(36)27(6-2)25-17-13-10-14-18-25/h9-18,26-27H,5-8,19-23H2,1-4H3. The number of alkyl halides is 2. The molecule has 0 saturated carbocycles. The molecule has 0 radical (unpaired) electrons. The number of hydrogen-bond acceptors (Lipinski definition) is 6. The van der Waals surface area contributed by atoms with Crippen LogP contribution in [-0.4, -0.2) is 72.1 Å². The van der Waals surface area contributed by atoms with E-state index in [4.69, 9.17) is 32.7 Å². The maximum absolute atomic E-state index is 12.7. The molecule has 0 amide bonds. The van der Waals surface area contributed by atoms with E-state index in [0.29, 0.717) is 45.6 Å². The Hall–Kier alpha value is -2.12. The van der Waals surface area contributed by atoms with Crippen molar-refractivity contribution in [2.45, 2.75) is 56.8 Å². The van der Waals surface area contributed by atoms with Crippen LogP contribution in [0.3, 0.4) is 0 Å². The van der Waals surface area contributed by atoms with Crippen LogP contribution in [-0.2, 0) is 19.1 Å². The van der Waals surface area contributed by atoms with Crippen molar-refractivity contribution in [3.63, 3.8) is 0 Å². The van der Waals surface area contributed by atoms with Crippen LogP contribution in [0, 0.1) is 0 Å². The first kappa shape index (κ1) is 32.1. The second-order valence-corrected chi connectivity index (χ2v) is 10.6. The van der Waals surface area contributed by atoms with Gasteiger partial charge in [-0.15, -0.1) is 0 Å². The van der Waals surface area contributed by atoms with Gasteiger partial charge < -0.3 is 9.47 Å². The lowest BCUT2D eigenvalue weighted by Gasteiger charge is -2.37. The van der Waals surface area contributed by atoms with Crippen molar-refractivity contribution in [1.82, 2.24) is 9.80 Å². The van der Waals surface area contributed by atoms with Crippen molar-refractivity contribution in [2.24, 2.45) is 0 Å². The van der Waals surface area contributed by atoms with E-state index in [0.717, 1.165) is 11.1 Å². The van der Waals surface area contributed by atoms with E-state index in [1.54, 1.807) is 0 Å². The first-order valence-electron chi connectivity index (χ1n) is 13.6. The van der Waals surface area contributed by atoms with E-state index in [9.17, 15) is 9.59 Å². The fourth-order valence-corrected chi connectivity index (χ4v) is 5.20. The van der Waals surface area contributed by atoms with E-state index in [1.165, 1.54) is 0 Å². The Labute approximate surface area is 238 Å². The summed E-state index contributed by atoms with van der Waals surface area (Å²) in [5, 5.41) is 0. The summed E-state index contributed by atoms with van der Waals surface area (Å²) in [7, 11) is 0. The summed E-state index contributed by atoms with van der Waals surface area (Å²) in [6.07, 6.45) is 1.34. The maximum Gasteiger partial charge on any atom is 0.313 e. The molecule has 2 unspecified atom stereocenters. The molecule has 2 atom stereocenters. The SMILES string of the molecule is CCC(C(=O)OCCN(CC)CC(Cl)(Cl)N(CC)CCOC(=O)C(CC)c1ccccc1)c1ccccc1. The van der Waals surface area contributed by atoms with Gasteiger partial charge in [0, 0.05) is 19.6 Å². The summed E-state index contributed by atoms with van der Waals surface area (Å²) in [6, 6.07) is 19.3. The van der Waals surface area contributed by atoms with Crippen molar-refractivity contribution in [1.29, 1.82) is 0 Å². The highest BCUT2D eigenvalue weighted by Gasteiger charge is 2.33. The number of carbonyl (C=O) groups excluding carboxylic acids is 2. The van der Waals surface area contributed by atoms with Gasteiger partial charge in [-0.1, -0.05) is 112 Å². The lowest BCUT2D eigenvalue weighted by Crippen LogP contribution is -2.50. The second-order valence-electron chi connectivity index (χ2n) is 9.19. The molecule has 2 aromatic carbocycles. The fourth-order valence-electron chi connectivity index (χ4n) is 4.45. The minimum absolute atomic E-state index is 0.193. The first-order valence-corrected chi connectivity index (χ1v) is 14.3. The first-order chi connectivity index (χ1) is 18.3. The normalized spacial score (nSPS) is 13.4. The molecule has 0 N–H and O–H groups in total. The summed E-state index contributed by atoms with van der Waals surface area (Å²) < 4.78 is 10.0. The predicted octanol–water partition coefficient (Wildman–Crippen LogP) is 6.24. The van der Waals surface area contributed by atoms with Crippen LogP contribution >= 0.6 is 23.2 Å². The molecule has 0 saturated heterocycles. The summed E-state index contributed by atoms with van der Waals surface area (Å²) in [5.41, 5.74) is 1.91. The Balaban J connectivity index is 1.84. The molecule has 0 heterocycles. The van der Waals surface area contributed by atoms with E-state index in [-0.39, 0.29) is 37.0 Å². The largest absolute Gasteiger partial charge is 0.464 e. The number of likely N-dealkylation sites (N-methyl/N-ethyl adjacent to an activating group) is 2. The molecule has 210 valence electrons. The molecule has 8 heteroatoms. The van der Waals surface area contributed by atoms with Crippen LogP contribution in [0.5, 0.6) is 0 Å². The van der Waals surface area contributed by atoms with Gasteiger partial charge in [0.15, 0.2) is 4.46 Å². The van der Waals surface area contributed by atoms with Gasteiger partial charge in [0.05, 0.1) is 11.8 Å². The molecule has 0 fully saturated rings. The highest BCUT2D eigenvalue weighted by Crippen LogP contribution is 2.28. The van der Waals surface area contributed by atoms with Crippen LogP contribution in [0.2, 0.25) is 0 Å². The quantitative estimate of drug-likeness (QED) is 0.129. The Bertz CT molecular complexity index is 959. The van der Waals surface area contributed by atoms with E-state index in [2.05, 4.69) is 0 Å². The van der Waals surface area contributed by atoms with Gasteiger partial charge in [-0.05, 0) is 37.1 Å². The Morgan fingerprint density at radius 2 is 1.18 bits per heavy atom. The third kappa shape index (κ3) is 9.88. The van der Waals surface area contributed by atoms with Gasteiger partial charge in [-0.2, -0.15) is 0 Å². The van der Waals surface area contributed by atoms with Gasteiger partial charge in [-0.25, -0.2) is 0 Å². The smallest absolute Gasteiger partial charge is 0.313 e. The molecule has 0 spiro atoms. The van der Waals surface area contributed by atoms with E-state index in [1.807, 2.05) is 98.2 Å². The Morgan fingerprint density at radius 3 is 1.58 bits per heavy atom. The second kappa shape index (κ2) is 16.8. The van der Waals surface area contributed by atoms with Crippen LogP contribution in [0.4, 0.5) is 0 Å². The van der Waals surface area contributed by atoms with Crippen molar-refractivity contribution in [2.75, 3.05) is 45.9 Å². The molecule has 6 nitrogen and oxygen atoms in total. The highest BCUT2D eigenvalue weighted by atomic mass is 35.5. The molecular weight excluding hydrogens is 523 g/mol. The lowest BCUT2D eigenvalue weighted by molar-refractivity contribution is -0.147. The summed E-state index contributed by atoms with van der Waals surface area (Å²) >= 11 is 13.5. The number of rotatable bonds is 17. The molecule has 0 aliphatic rings. The van der Waals surface area contributed by atoms with Crippen molar-refractivity contribution < 1.29 is 19.1 Å². The van der Waals surface area contributed by atoms with Crippen LogP contribution in [0.1, 0.15) is 63.5 Å². The van der Waals surface area contributed by atoms with Crippen LogP contribution < -0.4 is 0 Å². The van der Waals surface area contributed by atoms with Crippen LogP contribution in [0.25, 0.3) is 0 Å². The molecule has 0 aromatic heterocycles. The number of ether oxygens (including phenoxy) is 2. The zero-order valence-corrected chi connectivity index (χ0v) is 24.6. The topological polar surface area (TPSA) is 59.1 Å². The zero-order valence-electron chi connectivity index (χ0n) is 23.1. The third-order valence-electron chi connectivity index (χ3n) is 6.75. The van der Waals surface area contributed by atoms with Gasteiger partial charge >= 0.3 is 11.9 Å². The molecule has 0 aliphatic heterocycles. The Kier molecular flexibility index (Phi) is 14.2. The number of halogens is 2. The average molecular weight is 566 g/mol. The Morgan fingerprint density at radius 1 is 0.737 bits per heavy atom. The highest BCUT2D eigenvalue weighted by molar-refractivity contribution is 6.48. The number of hydrogen-bond donors (Lipinski definition) is 0. The zero-order chi connectivity index (χ0) is 28.0. The summed E-state index contributed by atoms with van der Waals surface area (Å²) in [6.45, 7) is 10.9. The van der Waals surface area contributed by atoms with Crippen molar-refractivity contribution >= 4 is 35.1 Å². The molecular formula is C30H42Cl2N2O4. The summed E-state index contributed by atoms with van der Waals surface area (Å²) in [5.74, 6) is -1.05. The average Bonchev–Trinajstić information content (AvgIpc) is 2.92. The molecule has 2 rings (SSSR count). The van der Waals surface area contributed by atoms with Gasteiger partial charge in [-0.3, -0.25) is 19.4 Å². The molecule has 0 aliphatic carbocycles. The predicted molar refractivity (Wildman–Crippen MR) is 155 cm³/mol. The third-order valence-corrected chi connectivity index (χ3v) is 7.47. The minimum atomic E-state index is -1.19. The van der Waals surface area contributed by atoms with Crippen molar-refractivity contribution in [3.8, 4) is 0 Å². The van der Waals surface area contributed by atoms with Crippen LogP contribution in [0.15, 0.2) is 60.7 Å².